The molecule has 4 aromatic rings. The molecule has 0 saturated carbocycles. The number of thiophene rings is 1. The van der Waals surface area contributed by atoms with Gasteiger partial charge in [-0.2, -0.15) is 0 Å². The number of aromatic nitrogens is 2. The molecule has 0 unspecified atom stereocenters. The SMILES string of the molecule is c1ccc(C(c2ccccc2)(c2cccs2)n2ccnc2)cc1. The summed E-state index contributed by atoms with van der Waals surface area (Å²) >= 11 is 1.77. The molecule has 3 heteroatoms. The van der Waals surface area contributed by atoms with Crippen LogP contribution >= 0.6 is 11.3 Å². The summed E-state index contributed by atoms with van der Waals surface area (Å²) in [5.74, 6) is 0. The van der Waals surface area contributed by atoms with Gasteiger partial charge in [0.1, 0.15) is 5.54 Å². The summed E-state index contributed by atoms with van der Waals surface area (Å²) in [5.41, 5.74) is 2.06. The summed E-state index contributed by atoms with van der Waals surface area (Å²) < 4.78 is 2.20. The van der Waals surface area contributed by atoms with Gasteiger partial charge in [-0.15, -0.1) is 11.3 Å². The van der Waals surface area contributed by atoms with Crippen LogP contribution in [-0.2, 0) is 5.54 Å². The fourth-order valence-corrected chi connectivity index (χ4v) is 4.15. The molecule has 0 aliphatic rings. The smallest absolute Gasteiger partial charge is 0.130 e. The van der Waals surface area contributed by atoms with Crippen LogP contribution in [0.1, 0.15) is 16.0 Å². The van der Waals surface area contributed by atoms with Crippen molar-refractivity contribution in [3.63, 3.8) is 0 Å². The summed E-state index contributed by atoms with van der Waals surface area (Å²) in [5, 5.41) is 2.13. The van der Waals surface area contributed by atoms with Gasteiger partial charge in [-0.3, -0.25) is 0 Å². The van der Waals surface area contributed by atoms with Gasteiger partial charge in [0.05, 0.1) is 6.33 Å². The molecule has 23 heavy (non-hydrogen) atoms. The molecule has 0 amide bonds. The third-order valence-corrected chi connectivity index (χ3v) is 5.13. The maximum atomic E-state index is 4.32. The minimum Gasteiger partial charge on any atom is -0.318 e. The molecule has 2 nitrogen and oxygen atoms in total. The lowest BCUT2D eigenvalue weighted by molar-refractivity contribution is 0.524. The Morgan fingerprint density at radius 1 is 0.783 bits per heavy atom. The fraction of sp³-hybridized carbons (Fsp3) is 0.0500. The van der Waals surface area contributed by atoms with Gasteiger partial charge < -0.3 is 4.57 Å². The van der Waals surface area contributed by atoms with E-state index in [0.29, 0.717) is 0 Å². The Balaban J connectivity index is 2.11. The van der Waals surface area contributed by atoms with Crippen LogP contribution in [0.15, 0.2) is 96.9 Å². The summed E-state index contributed by atoms with van der Waals surface area (Å²) in [6.07, 6.45) is 5.79. The van der Waals surface area contributed by atoms with Crippen LogP contribution in [0.2, 0.25) is 0 Å². The second-order valence-corrected chi connectivity index (χ2v) is 6.34. The van der Waals surface area contributed by atoms with Gasteiger partial charge in [-0.05, 0) is 22.6 Å². The molecular weight excluding hydrogens is 300 g/mol. The second kappa shape index (κ2) is 5.86. The third-order valence-electron chi connectivity index (χ3n) is 4.15. The predicted molar refractivity (Wildman–Crippen MR) is 94.7 cm³/mol. The lowest BCUT2D eigenvalue weighted by Gasteiger charge is -2.35. The van der Waals surface area contributed by atoms with Crippen molar-refractivity contribution in [2.45, 2.75) is 5.54 Å². The minimum atomic E-state index is -0.396. The molecule has 0 N–H and O–H groups in total. The highest BCUT2D eigenvalue weighted by Crippen LogP contribution is 2.42. The first-order valence-corrected chi connectivity index (χ1v) is 8.44. The predicted octanol–water partition coefficient (Wildman–Crippen LogP) is 4.78. The number of benzene rings is 2. The Labute approximate surface area is 139 Å². The van der Waals surface area contributed by atoms with Crippen LogP contribution in [0.25, 0.3) is 0 Å². The van der Waals surface area contributed by atoms with Gasteiger partial charge in [0.15, 0.2) is 0 Å². The maximum Gasteiger partial charge on any atom is 0.130 e. The summed E-state index contributed by atoms with van der Waals surface area (Å²) in [6, 6.07) is 25.6. The number of rotatable bonds is 4. The molecule has 0 atom stereocenters. The maximum absolute atomic E-state index is 4.32. The van der Waals surface area contributed by atoms with E-state index in [9.17, 15) is 0 Å². The Hall–Kier alpha value is -2.65. The topological polar surface area (TPSA) is 17.8 Å². The first-order valence-electron chi connectivity index (χ1n) is 7.56. The van der Waals surface area contributed by atoms with Gasteiger partial charge in [0.2, 0.25) is 0 Å². The molecule has 2 aromatic carbocycles. The number of nitrogens with zero attached hydrogens (tertiary/aromatic N) is 2. The number of hydrogen-bond donors (Lipinski definition) is 0. The van der Waals surface area contributed by atoms with E-state index >= 15 is 0 Å². The van der Waals surface area contributed by atoms with Crippen molar-refractivity contribution in [3.05, 3.63) is 113 Å². The van der Waals surface area contributed by atoms with Crippen LogP contribution < -0.4 is 0 Å². The summed E-state index contributed by atoms with van der Waals surface area (Å²) in [6.45, 7) is 0. The van der Waals surface area contributed by atoms with Crippen LogP contribution in [0.4, 0.5) is 0 Å². The van der Waals surface area contributed by atoms with E-state index < -0.39 is 5.54 Å². The highest BCUT2D eigenvalue weighted by Gasteiger charge is 2.38. The highest BCUT2D eigenvalue weighted by atomic mass is 32.1. The molecule has 0 spiro atoms. The van der Waals surface area contributed by atoms with Crippen LogP contribution in [-0.4, -0.2) is 9.55 Å². The van der Waals surface area contributed by atoms with Crippen LogP contribution in [0.5, 0.6) is 0 Å². The van der Waals surface area contributed by atoms with E-state index in [-0.39, 0.29) is 0 Å². The molecule has 0 aliphatic carbocycles. The Kier molecular flexibility index (Phi) is 3.56. The molecule has 2 aromatic heterocycles. The van der Waals surface area contributed by atoms with Gasteiger partial charge in [-0.1, -0.05) is 66.7 Å². The normalized spacial score (nSPS) is 11.5. The Bertz CT molecular complexity index is 775. The van der Waals surface area contributed by atoms with Crippen molar-refractivity contribution >= 4 is 11.3 Å². The number of hydrogen-bond acceptors (Lipinski definition) is 2. The Morgan fingerprint density at radius 2 is 1.43 bits per heavy atom. The minimum absolute atomic E-state index is 0.396. The number of imidazole rings is 1. The van der Waals surface area contributed by atoms with Crippen molar-refractivity contribution in [1.82, 2.24) is 9.55 Å². The first-order chi connectivity index (χ1) is 11.4. The second-order valence-electron chi connectivity index (χ2n) is 5.39. The van der Waals surface area contributed by atoms with E-state index in [2.05, 4.69) is 87.7 Å². The standard InChI is InChI=1S/C20H16N2S/c1-3-8-17(9-4-1)20(19-12-7-15-23-19,22-14-13-21-16-22)18-10-5-2-6-11-18/h1-16H. The molecule has 0 radical (unpaired) electrons. The lowest BCUT2D eigenvalue weighted by Crippen LogP contribution is -2.36. The van der Waals surface area contributed by atoms with Crippen molar-refractivity contribution in [2.75, 3.05) is 0 Å². The van der Waals surface area contributed by atoms with Crippen LogP contribution in [0.3, 0.4) is 0 Å². The van der Waals surface area contributed by atoms with Crippen molar-refractivity contribution in [1.29, 1.82) is 0 Å². The molecule has 0 fully saturated rings. The van der Waals surface area contributed by atoms with Gasteiger partial charge >= 0.3 is 0 Å². The van der Waals surface area contributed by atoms with E-state index in [1.807, 2.05) is 18.7 Å². The molecule has 0 bridgehead atoms. The van der Waals surface area contributed by atoms with E-state index in [4.69, 9.17) is 0 Å². The average molecular weight is 316 g/mol. The average Bonchev–Trinajstić information content (AvgIpc) is 3.32. The quantitative estimate of drug-likeness (QED) is 0.529. The van der Waals surface area contributed by atoms with Crippen LogP contribution in [0, 0.1) is 0 Å². The van der Waals surface area contributed by atoms with E-state index in [0.717, 1.165) is 0 Å². The zero-order valence-electron chi connectivity index (χ0n) is 12.5. The van der Waals surface area contributed by atoms with Gasteiger partial charge in [0, 0.05) is 17.3 Å². The fourth-order valence-electron chi connectivity index (χ4n) is 3.18. The molecular formula is C20H16N2S. The van der Waals surface area contributed by atoms with Crippen molar-refractivity contribution in [3.8, 4) is 0 Å². The zero-order valence-corrected chi connectivity index (χ0v) is 13.4. The van der Waals surface area contributed by atoms with E-state index in [1.54, 1.807) is 11.3 Å². The summed E-state index contributed by atoms with van der Waals surface area (Å²) in [4.78, 5) is 5.59. The first kappa shape index (κ1) is 14.0. The largest absolute Gasteiger partial charge is 0.318 e. The molecule has 0 saturated heterocycles. The van der Waals surface area contributed by atoms with Gasteiger partial charge in [-0.25, -0.2) is 4.98 Å². The lowest BCUT2D eigenvalue weighted by atomic mass is 9.81. The summed E-state index contributed by atoms with van der Waals surface area (Å²) in [7, 11) is 0. The molecule has 0 aliphatic heterocycles. The molecule has 4 rings (SSSR count). The van der Waals surface area contributed by atoms with E-state index in [1.165, 1.54) is 16.0 Å². The zero-order chi connectivity index (χ0) is 15.5. The highest BCUT2D eigenvalue weighted by molar-refractivity contribution is 7.10. The van der Waals surface area contributed by atoms with Crippen molar-refractivity contribution < 1.29 is 0 Å². The molecule has 2 heterocycles. The molecule has 112 valence electrons. The third kappa shape index (κ3) is 2.21. The Morgan fingerprint density at radius 3 is 1.91 bits per heavy atom. The van der Waals surface area contributed by atoms with Crippen molar-refractivity contribution in [2.24, 2.45) is 0 Å². The monoisotopic (exact) mass is 316 g/mol. The van der Waals surface area contributed by atoms with Gasteiger partial charge in [0.25, 0.3) is 0 Å².